The molecule has 0 aliphatic carbocycles. The predicted octanol–water partition coefficient (Wildman–Crippen LogP) is -0.113. The van der Waals surface area contributed by atoms with E-state index in [0.29, 0.717) is 0 Å². The fourth-order valence-electron chi connectivity index (χ4n) is 0.645. The van der Waals surface area contributed by atoms with Crippen molar-refractivity contribution in [1.29, 1.82) is 0 Å². The number of nitrogens with zero attached hydrogens (tertiary/aromatic N) is 1. The highest BCUT2D eigenvalue weighted by atomic mass is 16.7. The van der Waals surface area contributed by atoms with Gasteiger partial charge in [0.15, 0.2) is 5.96 Å². The van der Waals surface area contributed by atoms with Crippen LogP contribution >= 0.6 is 0 Å². The summed E-state index contributed by atoms with van der Waals surface area (Å²) in [5.41, 5.74) is 7.75. The van der Waals surface area contributed by atoms with E-state index in [9.17, 15) is 9.59 Å². The van der Waals surface area contributed by atoms with Gasteiger partial charge in [-0.25, -0.2) is 14.6 Å². The number of hydrogen-bond donors (Lipinski definition) is 2. The molecule has 88 valence electrons. The van der Waals surface area contributed by atoms with Gasteiger partial charge in [-0.1, -0.05) is 6.58 Å². The molecule has 0 rings (SSSR count). The van der Waals surface area contributed by atoms with Crippen LogP contribution in [-0.2, 0) is 14.3 Å². The first kappa shape index (κ1) is 13.7. The third-order valence-corrected chi connectivity index (χ3v) is 1.36. The van der Waals surface area contributed by atoms with E-state index in [0.717, 1.165) is 7.11 Å². The van der Waals surface area contributed by atoms with Crippen LogP contribution in [0.4, 0.5) is 4.79 Å². The summed E-state index contributed by atoms with van der Waals surface area (Å²) in [6, 6.07) is -0.832. The van der Waals surface area contributed by atoms with E-state index in [4.69, 9.17) is 5.73 Å². The summed E-state index contributed by atoms with van der Waals surface area (Å²) in [4.78, 5) is 25.4. The average Bonchev–Trinajstić information content (AvgIpc) is 2.25. The number of carbonyl (C=O) groups is 2. The molecule has 1 atom stereocenters. The molecular formula is C9H13N3O4. The highest BCUT2D eigenvalue weighted by Crippen LogP contribution is 1.90. The quantitative estimate of drug-likeness (QED) is 0.229. The van der Waals surface area contributed by atoms with Crippen molar-refractivity contribution in [2.75, 3.05) is 7.11 Å². The first-order valence-corrected chi connectivity index (χ1v) is 4.25. The van der Waals surface area contributed by atoms with Crippen LogP contribution in [0, 0.1) is 0 Å². The number of methoxy groups -OCH3 is 1. The van der Waals surface area contributed by atoms with Crippen LogP contribution in [0.25, 0.3) is 0 Å². The number of carbonyl (C=O) groups excluding carboxylic acids is 2. The fourth-order valence-corrected chi connectivity index (χ4v) is 0.645. The summed E-state index contributed by atoms with van der Waals surface area (Å²) in [5, 5.41) is 2.49. The molecule has 0 aromatic rings. The first-order chi connectivity index (χ1) is 7.51. The van der Waals surface area contributed by atoms with Crippen LogP contribution in [0.2, 0.25) is 0 Å². The van der Waals surface area contributed by atoms with E-state index >= 15 is 0 Å². The van der Waals surface area contributed by atoms with E-state index < -0.39 is 18.2 Å². The maximum atomic E-state index is 11.2. The molecule has 7 nitrogen and oxygen atoms in total. The maximum Gasteiger partial charge on any atom is 0.515 e. The Bertz CT molecular complexity index is 345. The van der Waals surface area contributed by atoms with E-state index in [1.807, 2.05) is 0 Å². The Labute approximate surface area is 92.6 Å². The average molecular weight is 227 g/mol. The lowest BCUT2D eigenvalue weighted by atomic mass is 10.3. The molecule has 0 heterocycles. The zero-order valence-electron chi connectivity index (χ0n) is 9.02. The molecule has 3 N–H and O–H groups in total. The monoisotopic (exact) mass is 227 g/mol. The zero-order chi connectivity index (χ0) is 12.6. The molecule has 0 bridgehead atoms. The smallest absolute Gasteiger partial charge is 0.437 e. The molecule has 7 heteroatoms. The number of nitrogens with one attached hydrogen (secondary N) is 1. The van der Waals surface area contributed by atoms with Crippen molar-refractivity contribution in [2.24, 2.45) is 10.7 Å². The van der Waals surface area contributed by atoms with E-state index in [2.05, 4.69) is 32.1 Å². The molecule has 1 unspecified atom stereocenters. The topological polar surface area (TPSA) is 103 Å². The maximum absolute atomic E-state index is 11.2. The number of esters is 1. The second kappa shape index (κ2) is 7.08. The number of ether oxygens (including phenoxy) is 2. The summed E-state index contributed by atoms with van der Waals surface area (Å²) >= 11 is 0. The van der Waals surface area contributed by atoms with Gasteiger partial charge in [-0.15, -0.1) is 5.73 Å². The lowest BCUT2D eigenvalue weighted by Gasteiger charge is -2.11. The van der Waals surface area contributed by atoms with Gasteiger partial charge in [-0.2, -0.15) is 0 Å². The van der Waals surface area contributed by atoms with Crippen LogP contribution in [-0.4, -0.2) is 31.2 Å². The molecule has 0 aliphatic rings. The third-order valence-electron chi connectivity index (χ3n) is 1.36. The molecule has 0 amide bonds. The highest BCUT2D eigenvalue weighted by molar-refractivity contribution is 5.89. The van der Waals surface area contributed by atoms with Gasteiger partial charge < -0.3 is 20.5 Å². The predicted molar refractivity (Wildman–Crippen MR) is 56.4 cm³/mol. The van der Waals surface area contributed by atoms with Crippen molar-refractivity contribution in [3.8, 4) is 0 Å². The summed E-state index contributed by atoms with van der Waals surface area (Å²) in [6.07, 6.45) is 0.140. The van der Waals surface area contributed by atoms with Crippen molar-refractivity contribution in [2.45, 2.75) is 13.0 Å². The summed E-state index contributed by atoms with van der Waals surface area (Å²) in [6.45, 7) is 4.72. The Kier molecular flexibility index (Phi) is 6.07. The number of aliphatic imine (C=N–C) groups is 1. The van der Waals surface area contributed by atoms with E-state index in [-0.39, 0.29) is 5.96 Å². The molecule has 0 aromatic carbocycles. The van der Waals surface area contributed by atoms with Gasteiger partial charge in [0.2, 0.25) is 0 Å². The normalized spacial score (nSPS) is 12.0. The fraction of sp³-hybridized carbons (Fsp3) is 0.333. The largest absolute Gasteiger partial charge is 0.515 e. The van der Waals surface area contributed by atoms with Crippen LogP contribution in [0.3, 0.4) is 0 Å². The Morgan fingerprint density at radius 3 is 2.75 bits per heavy atom. The lowest BCUT2D eigenvalue weighted by molar-refractivity contribution is -0.141. The van der Waals surface area contributed by atoms with Gasteiger partial charge in [0, 0.05) is 0 Å². The molecule has 16 heavy (non-hydrogen) atoms. The molecule has 0 aliphatic heterocycles. The summed E-state index contributed by atoms with van der Waals surface area (Å²) < 4.78 is 8.40. The Morgan fingerprint density at radius 2 is 2.25 bits per heavy atom. The van der Waals surface area contributed by atoms with Crippen LogP contribution in [0.1, 0.15) is 6.92 Å². The number of rotatable bonds is 3. The van der Waals surface area contributed by atoms with Gasteiger partial charge in [0.25, 0.3) is 0 Å². The zero-order valence-corrected chi connectivity index (χ0v) is 9.02. The minimum Gasteiger partial charge on any atom is -0.437 e. The summed E-state index contributed by atoms with van der Waals surface area (Å²) in [5.74, 6) is -0.849. The standard InChI is InChI=1S/C9H13N3O4/c1-4-5-11-8(10)12-6(2)7(13)16-9(14)15-3/h5-6H,1H2,2-3H3,(H3,10,11,12). The minimum atomic E-state index is -1.08. The van der Waals surface area contributed by atoms with Crippen molar-refractivity contribution in [1.82, 2.24) is 5.32 Å². The second-order valence-corrected chi connectivity index (χ2v) is 2.59. The number of nitrogens with two attached hydrogens (primary N) is 1. The number of guanidine groups is 1. The van der Waals surface area contributed by atoms with Gasteiger partial charge in [-0.3, -0.25) is 0 Å². The van der Waals surface area contributed by atoms with Gasteiger partial charge in [0.05, 0.1) is 13.3 Å². The van der Waals surface area contributed by atoms with Crippen molar-refractivity contribution in [3.63, 3.8) is 0 Å². The molecule has 0 saturated heterocycles. The van der Waals surface area contributed by atoms with Crippen molar-refractivity contribution >= 4 is 18.1 Å². The highest BCUT2D eigenvalue weighted by Gasteiger charge is 2.18. The second-order valence-electron chi connectivity index (χ2n) is 2.59. The Hall–Kier alpha value is -2.27. The summed E-state index contributed by atoms with van der Waals surface area (Å²) in [7, 11) is 1.10. The molecular weight excluding hydrogens is 214 g/mol. The van der Waals surface area contributed by atoms with Crippen LogP contribution in [0.15, 0.2) is 23.5 Å². The van der Waals surface area contributed by atoms with E-state index in [1.54, 1.807) is 0 Å². The van der Waals surface area contributed by atoms with E-state index in [1.165, 1.54) is 13.1 Å². The molecule has 0 radical (unpaired) electrons. The minimum absolute atomic E-state index is 0.0227. The Morgan fingerprint density at radius 1 is 1.62 bits per heavy atom. The van der Waals surface area contributed by atoms with Crippen LogP contribution in [0.5, 0.6) is 0 Å². The molecule has 0 spiro atoms. The lowest BCUT2D eigenvalue weighted by Crippen LogP contribution is -2.43. The first-order valence-electron chi connectivity index (χ1n) is 4.25. The SMILES string of the molecule is C=C=CN=C(N)NC(C)C(=O)OC(=O)OC. The van der Waals surface area contributed by atoms with Crippen molar-refractivity contribution in [3.05, 3.63) is 18.5 Å². The molecule has 0 fully saturated rings. The van der Waals surface area contributed by atoms with Gasteiger partial charge in [0.1, 0.15) is 6.04 Å². The molecule has 0 saturated carbocycles. The van der Waals surface area contributed by atoms with Gasteiger partial charge >= 0.3 is 12.1 Å². The van der Waals surface area contributed by atoms with Crippen molar-refractivity contribution < 1.29 is 19.1 Å². The number of hydrogen-bond acceptors (Lipinski definition) is 5. The third kappa shape index (κ3) is 5.46. The molecule has 0 aromatic heterocycles. The van der Waals surface area contributed by atoms with Crippen LogP contribution < -0.4 is 11.1 Å². The van der Waals surface area contributed by atoms with Gasteiger partial charge in [-0.05, 0) is 6.92 Å². The Balaban J connectivity index is 4.25.